The molecule has 0 aliphatic heterocycles. The molecule has 0 aliphatic rings. The zero-order valence-corrected chi connectivity index (χ0v) is 11.7. The number of benzene rings is 1. The molecule has 22 heavy (non-hydrogen) atoms. The molecule has 1 heterocycles. The molecule has 1 aromatic carbocycles. The lowest BCUT2D eigenvalue weighted by Crippen LogP contribution is -2.27. The van der Waals surface area contributed by atoms with Crippen LogP contribution >= 0.6 is 11.6 Å². The first-order valence-electron chi connectivity index (χ1n) is 5.92. The summed E-state index contributed by atoms with van der Waals surface area (Å²) in [5, 5.41) is 0.276. The monoisotopic (exact) mass is 326 g/mol. The van der Waals surface area contributed by atoms with E-state index >= 15 is 0 Å². The number of amides is 1. The number of aromatic nitrogens is 1. The minimum absolute atomic E-state index is 0.0566. The third-order valence-corrected chi connectivity index (χ3v) is 2.93. The molecular formula is C14H9ClF2N2O3. The van der Waals surface area contributed by atoms with E-state index in [4.69, 9.17) is 17.3 Å². The largest absolute Gasteiger partial charge is 0.410 e. The summed E-state index contributed by atoms with van der Waals surface area (Å²) >= 11 is 5.62. The maximum absolute atomic E-state index is 14.1. The Morgan fingerprint density at radius 3 is 2.27 bits per heavy atom. The number of pyridine rings is 1. The van der Waals surface area contributed by atoms with Crippen molar-refractivity contribution >= 4 is 23.5 Å². The van der Waals surface area contributed by atoms with Crippen LogP contribution in [-0.2, 0) is 5.92 Å². The van der Waals surface area contributed by atoms with Gasteiger partial charge in [-0.2, -0.15) is 8.78 Å². The van der Waals surface area contributed by atoms with E-state index in [1.54, 1.807) is 0 Å². The van der Waals surface area contributed by atoms with Crippen LogP contribution in [0.25, 0.3) is 0 Å². The van der Waals surface area contributed by atoms with E-state index in [1.807, 2.05) is 0 Å². The number of halogens is 3. The number of Topliss-reactive ketones (excluding diaryl/α,β-unsaturated/α-hetero) is 1. The average molecular weight is 327 g/mol. The predicted molar refractivity (Wildman–Crippen MR) is 74.1 cm³/mol. The lowest BCUT2D eigenvalue weighted by Gasteiger charge is -2.15. The van der Waals surface area contributed by atoms with Crippen molar-refractivity contribution in [3.63, 3.8) is 0 Å². The van der Waals surface area contributed by atoms with Gasteiger partial charge in [0.25, 0.3) is 5.78 Å². The first-order valence-corrected chi connectivity index (χ1v) is 6.30. The fraction of sp³-hybridized carbons (Fsp3) is 0.0714. The lowest BCUT2D eigenvalue weighted by atomic mass is 10.0. The quantitative estimate of drug-likeness (QED) is 0.875. The van der Waals surface area contributed by atoms with Gasteiger partial charge in [0.15, 0.2) is 5.75 Å². The number of ether oxygens (including phenoxy) is 1. The molecule has 0 atom stereocenters. The minimum Gasteiger partial charge on any atom is -0.409 e. The SMILES string of the molecule is NC(=O)Oc1ccc(C(=O)C(F)(F)c2ccc(Cl)cc2)nc1. The molecule has 2 rings (SSSR count). The van der Waals surface area contributed by atoms with Gasteiger partial charge in [-0.15, -0.1) is 0 Å². The number of alkyl halides is 2. The Kier molecular flexibility index (Phi) is 4.37. The molecule has 0 radical (unpaired) electrons. The van der Waals surface area contributed by atoms with Gasteiger partial charge in [-0.3, -0.25) is 4.79 Å². The molecule has 1 aromatic heterocycles. The van der Waals surface area contributed by atoms with Gasteiger partial charge in [-0.25, -0.2) is 9.78 Å². The van der Waals surface area contributed by atoms with Crippen molar-refractivity contribution in [2.75, 3.05) is 0 Å². The number of nitrogens with two attached hydrogens (primary N) is 1. The van der Waals surface area contributed by atoms with E-state index in [9.17, 15) is 18.4 Å². The molecule has 114 valence electrons. The highest BCUT2D eigenvalue weighted by molar-refractivity contribution is 6.30. The van der Waals surface area contributed by atoms with Gasteiger partial charge in [-0.1, -0.05) is 23.7 Å². The Hall–Kier alpha value is -2.54. The summed E-state index contributed by atoms with van der Waals surface area (Å²) in [5.41, 5.74) is 3.82. The van der Waals surface area contributed by atoms with Crippen LogP contribution in [0.2, 0.25) is 5.02 Å². The van der Waals surface area contributed by atoms with Crippen molar-refractivity contribution in [2.45, 2.75) is 5.92 Å². The summed E-state index contributed by atoms with van der Waals surface area (Å²) in [4.78, 5) is 26.0. The number of hydrogen-bond donors (Lipinski definition) is 1. The number of carbonyl (C=O) groups is 2. The summed E-state index contributed by atoms with van der Waals surface area (Å²) in [6, 6.07) is 6.80. The molecule has 0 spiro atoms. The van der Waals surface area contributed by atoms with Crippen LogP contribution in [0.3, 0.4) is 0 Å². The van der Waals surface area contributed by atoms with Crippen LogP contribution in [0.15, 0.2) is 42.6 Å². The third kappa shape index (κ3) is 3.37. The number of hydrogen-bond acceptors (Lipinski definition) is 4. The molecular weight excluding hydrogens is 318 g/mol. The van der Waals surface area contributed by atoms with E-state index in [0.29, 0.717) is 0 Å². The van der Waals surface area contributed by atoms with Crippen LogP contribution in [0.5, 0.6) is 5.75 Å². The Morgan fingerprint density at radius 2 is 1.77 bits per heavy atom. The predicted octanol–water partition coefficient (Wildman–Crippen LogP) is 3.17. The van der Waals surface area contributed by atoms with Crippen molar-refractivity contribution in [1.82, 2.24) is 4.98 Å². The third-order valence-electron chi connectivity index (χ3n) is 2.68. The molecule has 0 saturated heterocycles. The average Bonchev–Trinajstić information content (AvgIpc) is 2.47. The van der Waals surface area contributed by atoms with Crippen LogP contribution in [0, 0.1) is 0 Å². The maximum atomic E-state index is 14.1. The van der Waals surface area contributed by atoms with Crippen LogP contribution in [0.1, 0.15) is 16.1 Å². The molecule has 5 nitrogen and oxygen atoms in total. The summed E-state index contributed by atoms with van der Waals surface area (Å²) in [7, 11) is 0. The molecule has 2 N–H and O–H groups in total. The second kappa shape index (κ2) is 6.07. The topological polar surface area (TPSA) is 82.3 Å². The van der Waals surface area contributed by atoms with E-state index in [-0.39, 0.29) is 10.8 Å². The lowest BCUT2D eigenvalue weighted by molar-refractivity contribution is 0.00692. The fourth-order valence-electron chi connectivity index (χ4n) is 1.64. The second-order valence-corrected chi connectivity index (χ2v) is 4.65. The number of ketones is 1. The molecule has 0 unspecified atom stereocenters. The summed E-state index contributed by atoms with van der Waals surface area (Å²) < 4.78 is 32.8. The molecule has 0 aliphatic carbocycles. The number of primary amides is 1. The Balaban J connectivity index is 2.26. The standard InChI is InChI=1S/C14H9ClF2N2O3/c15-9-3-1-8(2-4-9)14(16,17)12(20)11-6-5-10(7-19-11)22-13(18)21/h1-7H,(H2,18,21). The molecule has 0 bridgehead atoms. The van der Waals surface area contributed by atoms with Crippen LogP contribution in [0.4, 0.5) is 13.6 Å². The van der Waals surface area contributed by atoms with E-state index in [1.165, 1.54) is 12.1 Å². The van der Waals surface area contributed by atoms with E-state index in [2.05, 4.69) is 9.72 Å². The first-order chi connectivity index (χ1) is 10.3. The molecule has 2 aromatic rings. The summed E-state index contributed by atoms with van der Waals surface area (Å²) in [5.74, 6) is -5.30. The molecule has 0 fully saturated rings. The Morgan fingerprint density at radius 1 is 1.14 bits per heavy atom. The van der Waals surface area contributed by atoms with Gasteiger partial charge in [0, 0.05) is 10.6 Å². The van der Waals surface area contributed by atoms with Crippen molar-refractivity contribution < 1.29 is 23.1 Å². The highest BCUT2D eigenvalue weighted by atomic mass is 35.5. The van der Waals surface area contributed by atoms with Gasteiger partial charge >= 0.3 is 12.0 Å². The van der Waals surface area contributed by atoms with Crippen LogP contribution < -0.4 is 10.5 Å². The zero-order chi connectivity index (χ0) is 16.3. The number of rotatable bonds is 4. The molecule has 0 saturated carbocycles. The smallest absolute Gasteiger partial charge is 0.409 e. The molecule has 1 amide bonds. The minimum atomic E-state index is -3.76. The van der Waals surface area contributed by atoms with Crippen molar-refractivity contribution in [3.8, 4) is 5.75 Å². The van der Waals surface area contributed by atoms with Crippen LogP contribution in [-0.4, -0.2) is 16.9 Å². The van der Waals surface area contributed by atoms with Crippen molar-refractivity contribution in [3.05, 3.63) is 58.9 Å². The van der Waals surface area contributed by atoms with Gasteiger partial charge < -0.3 is 10.5 Å². The first kappa shape index (κ1) is 15.8. The van der Waals surface area contributed by atoms with Gasteiger partial charge in [-0.05, 0) is 24.3 Å². The van der Waals surface area contributed by atoms with Crippen molar-refractivity contribution in [2.24, 2.45) is 5.73 Å². The van der Waals surface area contributed by atoms with Gasteiger partial charge in [0.05, 0.1) is 6.20 Å². The van der Waals surface area contributed by atoms with Gasteiger partial charge in [0.1, 0.15) is 5.69 Å². The maximum Gasteiger partial charge on any atom is 0.410 e. The Bertz CT molecular complexity index is 703. The van der Waals surface area contributed by atoms with E-state index < -0.39 is 29.1 Å². The highest BCUT2D eigenvalue weighted by Gasteiger charge is 2.42. The second-order valence-electron chi connectivity index (χ2n) is 4.21. The van der Waals surface area contributed by atoms with Gasteiger partial charge in [0.2, 0.25) is 0 Å². The zero-order valence-electron chi connectivity index (χ0n) is 10.9. The van der Waals surface area contributed by atoms with Crippen molar-refractivity contribution in [1.29, 1.82) is 0 Å². The highest BCUT2D eigenvalue weighted by Crippen LogP contribution is 2.32. The fourth-order valence-corrected chi connectivity index (χ4v) is 1.77. The molecule has 8 heteroatoms. The normalized spacial score (nSPS) is 11.0. The summed E-state index contributed by atoms with van der Waals surface area (Å²) in [6.07, 6.45) is -0.122. The van der Waals surface area contributed by atoms with E-state index in [0.717, 1.165) is 30.5 Å². The Labute approximate surface area is 128 Å². The summed E-state index contributed by atoms with van der Waals surface area (Å²) in [6.45, 7) is 0. The number of nitrogens with zero attached hydrogens (tertiary/aromatic N) is 1. The number of carbonyl (C=O) groups excluding carboxylic acids is 2.